The summed E-state index contributed by atoms with van der Waals surface area (Å²) in [6.45, 7) is 1.92. The number of rotatable bonds is 4. The predicted molar refractivity (Wildman–Crippen MR) is 81.0 cm³/mol. The lowest BCUT2D eigenvalue weighted by atomic mass is 10.1. The average Bonchev–Trinajstić information content (AvgIpc) is 3.15. The first-order valence-corrected chi connectivity index (χ1v) is 6.38. The van der Waals surface area contributed by atoms with Crippen LogP contribution in [0.3, 0.4) is 0 Å². The molecule has 20 heavy (non-hydrogen) atoms. The van der Waals surface area contributed by atoms with Gasteiger partial charge >= 0.3 is 0 Å². The van der Waals surface area contributed by atoms with Crippen molar-refractivity contribution in [2.24, 2.45) is 0 Å². The first-order chi connectivity index (χ1) is 8.97. The van der Waals surface area contributed by atoms with E-state index in [9.17, 15) is 9.59 Å². The number of nitrogens with one attached hydrogen (secondary N) is 1. The van der Waals surface area contributed by atoms with Gasteiger partial charge in [0.2, 0.25) is 5.91 Å². The van der Waals surface area contributed by atoms with Gasteiger partial charge in [0.05, 0.1) is 6.54 Å². The molecular weight excluding hydrogens is 278 g/mol. The van der Waals surface area contributed by atoms with E-state index in [4.69, 9.17) is 5.73 Å². The largest absolute Gasteiger partial charge is 0.399 e. The van der Waals surface area contributed by atoms with Crippen LogP contribution in [0.5, 0.6) is 0 Å². The molecule has 2 rings (SSSR count). The van der Waals surface area contributed by atoms with E-state index >= 15 is 0 Å². The molecule has 0 unspecified atom stereocenters. The highest BCUT2D eigenvalue weighted by atomic mass is 35.5. The minimum absolute atomic E-state index is 0. The van der Waals surface area contributed by atoms with Crippen molar-refractivity contribution < 1.29 is 9.59 Å². The molecule has 0 heterocycles. The lowest BCUT2D eigenvalue weighted by Crippen LogP contribution is -2.39. The molecule has 0 saturated heterocycles. The van der Waals surface area contributed by atoms with Crippen molar-refractivity contribution in [1.82, 2.24) is 10.2 Å². The van der Waals surface area contributed by atoms with E-state index in [2.05, 4.69) is 5.32 Å². The van der Waals surface area contributed by atoms with Gasteiger partial charge in [-0.25, -0.2) is 0 Å². The first-order valence-electron chi connectivity index (χ1n) is 6.38. The molecule has 0 atom stereocenters. The van der Waals surface area contributed by atoms with Crippen LogP contribution in [0.4, 0.5) is 5.69 Å². The van der Waals surface area contributed by atoms with Gasteiger partial charge in [0, 0.05) is 24.3 Å². The Morgan fingerprint density at radius 3 is 2.65 bits per heavy atom. The highest BCUT2D eigenvalue weighted by Gasteiger charge is 2.24. The van der Waals surface area contributed by atoms with E-state index in [0.717, 1.165) is 18.4 Å². The highest BCUT2D eigenvalue weighted by molar-refractivity contribution is 5.98. The van der Waals surface area contributed by atoms with Crippen molar-refractivity contribution in [2.75, 3.05) is 19.3 Å². The van der Waals surface area contributed by atoms with Crippen molar-refractivity contribution in [1.29, 1.82) is 0 Å². The quantitative estimate of drug-likeness (QED) is 0.824. The molecule has 3 N–H and O–H groups in total. The Hall–Kier alpha value is -1.75. The molecule has 0 aromatic heterocycles. The van der Waals surface area contributed by atoms with Crippen LogP contribution in [0, 0.1) is 6.92 Å². The fraction of sp³-hybridized carbons (Fsp3) is 0.429. The van der Waals surface area contributed by atoms with Gasteiger partial charge in [-0.1, -0.05) is 6.07 Å². The number of carbonyl (C=O) groups excluding carboxylic acids is 2. The van der Waals surface area contributed by atoms with Crippen LogP contribution in [0.1, 0.15) is 28.8 Å². The maximum absolute atomic E-state index is 12.2. The second-order valence-corrected chi connectivity index (χ2v) is 5.08. The summed E-state index contributed by atoms with van der Waals surface area (Å²) in [6.07, 6.45) is 2.08. The Bertz CT molecular complexity index is 515. The van der Waals surface area contributed by atoms with Crippen LogP contribution >= 0.6 is 12.4 Å². The summed E-state index contributed by atoms with van der Waals surface area (Å²) in [7, 11) is 1.62. The highest BCUT2D eigenvalue weighted by Crippen LogP contribution is 2.18. The molecule has 0 bridgehead atoms. The smallest absolute Gasteiger partial charge is 0.254 e. The normalized spacial score (nSPS) is 13.3. The van der Waals surface area contributed by atoms with Crippen molar-refractivity contribution in [2.45, 2.75) is 25.8 Å². The molecule has 0 spiro atoms. The van der Waals surface area contributed by atoms with Crippen LogP contribution in [-0.4, -0.2) is 36.3 Å². The molecule has 0 aliphatic heterocycles. The summed E-state index contributed by atoms with van der Waals surface area (Å²) in [5.74, 6) is -0.296. The van der Waals surface area contributed by atoms with Gasteiger partial charge in [-0.15, -0.1) is 12.4 Å². The summed E-state index contributed by atoms with van der Waals surface area (Å²) >= 11 is 0. The third kappa shape index (κ3) is 4.13. The van der Waals surface area contributed by atoms with Crippen LogP contribution in [0.15, 0.2) is 18.2 Å². The summed E-state index contributed by atoms with van der Waals surface area (Å²) in [5, 5.41) is 2.86. The van der Waals surface area contributed by atoms with Crippen molar-refractivity contribution in [3.8, 4) is 0 Å². The molecular formula is C14H20ClN3O2. The first kappa shape index (κ1) is 16.3. The number of anilines is 1. The Kier molecular flexibility index (Phi) is 5.39. The van der Waals surface area contributed by atoms with E-state index in [0.29, 0.717) is 17.3 Å². The molecule has 6 heteroatoms. The maximum atomic E-state index is 12.2. The number of aryl methyl sites for hydroxylation is 1. The zero-order chi connectivity index (χ0) is 14.0. The number of nitrogen functional groups attached to an aromatic ring is 1. The Labute approximate surface area is 124 Å². The summed E-state index contributed by atoms with van der Waals surface area (Å²) in [4.78, 5) is 25.3. The van der Waals surface area contributed by atoms with Crippen molar-refractivity contribution >= 4 is 29.9 Å². The van der Waals surface area contributed by atoms with Gasteiger partial charge in [-0.05, 0) is 37.5 Å². The van der Waals surface area contributed by atoms with Gasteiger partial charge in [0.1, 0.15) is 0 Å². The predicted octanol–water partition coefficient (Wildman–Crippen LogP) is 1.35. The van der Waals surface area contributed by atoms with Crippen molar-refractivity contribution in [3.05, 3.63) is 29.3 Å². The van der Waals surface area contributed by atoms with E-state index in [1.807, 2.05) is 6.92 Å². The molecule has 1 aliphatic rings. The Morgan fingerprint density at radius 1 is 1.40 bits per heavy atom. The number of amides is 2. The van der Waals surface area contributed by atoms with Gasteiger partial charge < -0.3 is 16.0 Å². The van der Waals surface area contributed by atoms with Gasteiger partial charge in [0.25, 0.3) is 5.91 Å². The summed E-state index contributed by atoms with van der Waals surface area (Å²) in [6, 6.07) is 5.52. The van der Waals surface area contributed by atoms with E-state index in [-0.39, 0.29) is 30.8 Å². The fourth-order valence-electron chi connectivity index (χ4n) is 1.86. The molecule has 1 saturated carbocycles. The molecule has 0 radical (unpaired) electrons. The van der Waals surface area contributed by atoms with Crippen LogP contribution in [0.2, 0.25) is 0 Å². The summed E-state index contributed by atoms with van der Waals surface area (Å²) < 4.78 is 0. The zero-order valence-electron chi connectivity index (χ0n) is 11.7. The lowest BCUT2D eigenvalue weighted by Gasteiger charge is -2.18. The number of hydrogen-bond donors (Lipinski definition) is 2. The number of halogens is 1. The number of nitrogens with zero attached hydrogens (tertiary/aromatic N) is 1. The molecule has 1 aliphatic carbocycles. The maximum Gasteiger partial charge on any atom is 0.254 e. The Morgan fingerprint density at radius 2 is 2.05 bits per heavy atom. The third-order valence-corrected chi connectivity index (χ3v) is 3.16. The molecule has 110 valence electrons. The topological polar surface area (TPSA) is 75.4 Å². The number of benzene rings is 1. The zero-order valence-corrected chi connectivity index (χ0v) is 12.5. The van der Waals surface area contributed by atoms with Gasteiger partial charge in [0.15, 0.2) is 0 Å². The number of carbonyl (C=O) groups is 2. The molecule has 1 fully saturated rings. The Balaban J connectivity index is 0.00000200. The molecule has 1 aromatic rings. The molecule has 1 aromatic carbocycles. The second-order valence-electron chi connectivity index (χ2n) is 5.08. The number of hydrogen-bond acceptors (Lipinski definition) is 3. The van der Waals surface area contributed by atoms with Crippen LogP contribution < -0.4 is 11.1 Å². The second kappa shape index (κ2) is 6.61. The van der Waals surface area contributed by atoms with Crippen molar-refractivity contribution in [3.63, 3.8) is 0 Å². The minimum Gasteiger partial charge on any atom is -0.399 e. The van der Waals surface area contributed by atoms with E-state index in [1.54, 1.807) is 25.2 Å². The van der Waals surface area contributed by atoms with Gasteiger partial charge in [-0.2, -0.15) is 0 Å². The van der Waals surface area contributed by atoms with Crippen LogP contribution in [-0.2, 0) is 4.79 Å². The minimum atomic E-state index is -0.184. The van der Waals surface area contributed by atoms with E-state index < -0.39 is 0 Å². The van der Waals surface area contributed by atoms with E-state index in [1.165, 1.54) is 4.90 Å². The molecule has 2 amide bonds. The third-order valence-electron chi connectivity index (χ3n) is 3.16. The average molecular weight is 298 g/mol. The standard InChI is InChI=1S/C14H19N3O2.ClH/c1-9-3-4-10(15)7-12(9)14(19)17(2)8-13(18)16-11-5-6-11;/h3-4,7,11H,5-6,8,15H2,1-2H3,(H,16,18);1H. The van der Waals surface area contributed by atoms with Gasteiger partial charge in [-0.3, -0.25) is 9.59 Å². The van der Waals surface area contributed by atoms with Crippen LogP contribution in [0.25, 0.3) is 0 Å². The number of likely N-dealkylation sites (N-methyl/N-ethyl adjacent to an activating group) is 1. The SMILES string of the molecule is Cc1ccc(N)cc1C(=O)N(C)CC(=O)NC1CC1.Cl. The number of nitrogens with two attached hydrogens (primary N) is 1. The molecule has 5 nitrogen and oxygen atoms in total. The summed E-state index contributed by atoms with van der Waals surface area (Å²) in [5.41, 5.74) is 7.64. The fourth-order valence-corrected chi connectivity index (χ4v) is 1.86. The lowest BCUT2D eigenvalue weighted by molar-refractivity contribution is -0.121. The monoisotopic (exact) mass is 297 g/mol.